The lowest BCUT2D eigenvalue weighted by Crippen LogP contribution is -2.54. The van der Waals surface area contributed by atoms with Crippen LogP contribution in [-0.2, 0) is 15.2 Å². The Kier molecular flexibility index (Phi) is 7.07. The van der Waals surface area contributed by atoms with Gasteiger partial charge in [0.25, 0.3) is 5.91 Å². The lowest BCUT2D eigenvalue weighted by molar-refractivity contribution is -0.149. The Labute approximate surface area is 203 Å². The van der Waals surface area contributed by atoms with E-state index in [9.17, 15) is 23.5 Å². The molecular weight excluding hydrogens is 454 g/mol. The van der Waals surface area contributed by atoms with E-state index in [1.165, 1.54) is 6.92 Å². The van der Waals surface area contributed by atoms with Crippen LogP contribution in [0.15, 0.2) is 42.5 Å². The van der Waals surface area contributed by atoms with E-state index in [2.05, 4.69) is 20.5 Å². The van der Waals surface area contributed by atoms with Crippen LogP contribution in [0.3, 0.4) is 0 Å². The largest absolute Gasteiger partial charge is 0.375 e. The molecule has 0 spiro atoms. The van der Waals surface area contributed by atoms with Crippen molar-refractivity contribution in [1.29, 1.82) is 0 Å². The summed E-state index contributed by atoms with van der Waals surface area (Å²) in [6.07, 6.45) is 0.466. The number of pyridine rings is 1. The van der Waals surface area contributed by atoms with Crippen molar-refractivity contribution in [2.24, 2.45) is 5.92 Å². The lowest BCUT2D eigenvalue weighted by atomic mass is 9.79. The fourth-order valence-corrected chi connectivity index (χ4v) is 5.15. The topological polar surface area (TPSA) is 94.6 Å². The lowest BCUT2D eigenvalue weighted by Gasteiger charge is -2.37. The summed E-state index contributed by atoms with van der Waals surface area (Å²) in [7, 11) is 0. The van der Waals surface area contributed by atoms with Crippen LogP contribution in [0.5, 0.6) is 0 Å². The maximum atomic E-state index is 14.0. The number of hydrogen-bond acceptors (Lipinski definition) is 5. The van der Waals surface area contributed by atoms with Crippen LogP contribution in [-0.4, -0.2) is 47.0 Å². The highest BCUT2D eigenvalue weighted by Gasteiger charge is 2.53. The summed E-state index contributed by atoms with van der Waals surface area (Å²) >= 11 is 0. The molecule has 0 unspecified atom stereocenters. The van der Waals surface area contributed by atoms with Gasteiger partial charge in [-0.15, -0.1) is 0 Å². The molecule has 0 bridgehead atoms. The van der Waals surface area contributed by atoms with E-state index in [4.69, 9.17) is 0 Å². The van der Waals surface area contributed by atoms with Crippen LogP contribution in [0.4, 0.5) is 20.4 Å². The van der Waals surface area contributed by atoms with Gasteiger partial charge in [0.1, 0.15) is 11.6 Å². The minimum Gasteiger partial charge on any atom is -0.375 e. The normalized spacial score (nSPS) is 21.9. The maximum absolute atomic E-state index is 14.0. The summed E-state index contributed by atoms with van der Waals surface area (Å²) in [5, 5.41) is 17.2. The third kappa shape index (κ3) is 5.61. The monoisotopic (exact) mass is 486 g/mol. The zero-order valence-electron chi connectivity index (χ0n) is 20.1. The van der Waals surface area contributed by atoms with Gasteiger partial charge in [-0.25, -0.2) is 13.8 Å². The van der Waals surface area contributed by atoms with Crippen molar-refractivity contribution in [2.75, 3.05) is 23.3 Å². The second kappa shape index (κ2) is 9.89. The van der Waals surface area contributed by atoms with Crippen LogP contribution in [0.2, 0.25) is 0 Å². The van der Waals surface area contributed by atoms with Crippen LogP contribution >= 0.6 is 0 Å². The molecule has 4 rings (SSSR count). The van der Waals surface area contributed by atoms with Gasteiger partial charge in [0.05, 0.1) is 0 Å². The van der Waals surface area contributed by atoms with Crippen molar-refractivity contribution >= 4 is 23.5 Å². The van der Waals surface area contributed by atoms with E-state index >= 15 is 0 Å². The molecule has 2 fully saturated rings. The van der Waals surface area contributed by atoms with E-state index in [1.54, 1.807) is 36.4 Å². The van der Waals surface area contributed by atoms with E-state index in [0.717, 1.165) is 11.4 Å². The first-order valence-corrected chi connectivity index (χ1v) is 12.0. The van der Waals surface area contributed by atoms with Crippen molar-refractivity contribution in [3.63, 3.8) is 0 Å². The van der Waals surface area contributed by atoms with Gasteiger partial charge in [-0.3, -0.25) is 9.59 Å². The average Bonchev–Trinajstić information content (AvgIpc) is 3.18. The highest BCUT2D eigenvalue weighted by molar-refractivity contribution is 5.88. The van der Waals surface area contributed by atoms with Crippen molar-refractivity contribution < 1.29 is 23.5 Å². The fourth-order valence-electron chi connectivity index (χ4n) is 5.15. The van der Waals surface area contributed by atoms with Crippen molar-refractivity contribution in [3.05, 3.63) is 53.6 Å². The summed E-state index contributed by atoms with van der Waals surface area (Å²) in [4.78, 5) is 31.4. The smallest absolute Gasteiger partial charge is 0.257 e. The number of carbonyl (C=O) groups excluding carboxylic acids is 2. The number of amides is 2. The number of hydrogen-bond donors (Lipinski definition) is 3. The van der Waals surface area contributed by atoms with Gasteiger partial charge >= 0.3 is 0 Å². The van der Waals surface area contributed by atoms with Gasteiger partial charge < -0.3 is 20.6 Å². The molecule has 1 aromatic carbocycles. The highest BCUT2D eigenvalue weighted by atomic mass is 19.3. The van der Waals surface area contributed by atoms with E-state index in [1.807, 2.05) is 13.0 Å². The van der Waals surface area contributed by atoms with Gasteiger partial charge in [0.2, 0.25) is 11.8 Å². The molecule has 188 valence electrons. The second-order valence-corrected chi connectivity index (χ2v) is 9.73. The molecular formula is C26H32F2N4O3. The maximum Gasteiger partial charge on any atom is 0.257 e. The predicted molar refractivity (Wildman–Crippen MR) is 129 cm³/mol. The first-order valence-electron chi connectivity index (χ1n) is 12.0. The molecule has 9 heteroatoms. The molecule has 7 nitrogen and oxygen atoms in total. The van der Waals surface area contributed by atoms with Crippen LogP contribution < -0.4 is 15.5 Å². The van der Waals surface area contributed by atoms with Gasteiger partial charge in [-0.2, -0.15) is 0 Å². The number of anilines is 2. The molecule has 0 radical (unpaired) electrons. The summed E-state index contributed by atoms with van der Waals surface area (Å²) in [5.74, 6) is -3.32. The Bertz CT molecular complexity index is 1070. The molecule has 3 N–H and O–H groups in total. The molecule has 1 saturated heterocycles. The summed E-state index contributed by atoms with van der Waals surface area (Å²) in [6.45, 7) is 4.60. The quantitative estimate of drug-likeness (QED) is 0.578. The fraction of sp³-hybridized carbons (Fsp3) is 0.500. The Morgan fingerprint density at radius 3 is 2.43 bits per heavy atom. The zero-order valence-corrected chi connectivity index (χ0v) is 20.1. The molecule has 2 aliphatic rings. The molecule has 1 saturated carbocycles. The number of nitrogens with zero attached hydrogens (tertiary/aromatic N) is 2. The number of halogens is 2. The molecule has 2 heterocycles. The highest BCUT2D eigenvalue weighted by Crippen LogP contribution is 2.47. The molecule has 2 aromatic rings. The summed E-state index contributed by atoms with van der Waals surface area (Å²) in [5.41, 5.74) is -0.702. The number of nitrogens with one attached hydrogen (secondary N) is 2. The standard InChI is InChI=1S/C26H32F2N4O3/c1-17-14-22(29-18(2)33)31-23(15-17)32-12-9-21(10-13-32)30-24(34)26(35,19-6-4-3-5-7-19)20-8-11-25(27,28)16-20/h3-7,14-15,20-21,35H,8-13,16H2,1-2H3,(H,30,34)(H,29,31,33)/t20-,26+/m1/s1. The number of carbonyl (C=O) groups is 2. The third-order valence-corrected chi connectivity index (χ3v) is 6.97. The minimum absolute atomic E-state index is 0.0833. The summed E-state index contributed by atoms with van der Waals surface area (Å²) < 4.78 is 28.0. The van der Waals surface area contributed by atoms with Crippen LogP contribution in [0.1, 0.15) is 50.2 Å². The second-order valence-electron chi connectivity index (χ2n) is 9.73. The zero-order chi connectivity index (χ0) is 25.2. The molecule has 1 aliphatic heterocycles. The number of aryl methyl sites for hydroxylation is 1. The van der Waals surface area contributed by atoms with E-state index in [-0.39, 0.29) is 24.8 Å². The number of alkyl halides is 2. The van der Waals surface area contributed by atoms with Crippen molar-refractivity contribution in [2.45, 2.75) is 63.5 Å². The molecule has 35 heavy (non-hydrogen) atoms. The average molecular weight is 487 g/mol. The Morgan fingerprint density at radius 1 is 1.14 bits per heavy atom. The van der Waals surface area contributed by atoms with Crippen LogP contribution in [0.25, 0.3) is 0 Å². The van der Waals surface area contributed by atoms with Crippen molar-refractivity contribution in [1.82, 2.24) is 10.3 Å². The van der Waals surface area contributed by atoms with Gasteiger partial charge in [0, 0.05) is 44.8 Å². The summed E-state index contributed by atoms with van der Waals surface area (Å²) in [6, 6.07) is 11.9. The van der Waals surface area contributed by atoms with Gasteiger partial charge in [0.15, 0.2) is 5.60 Å². The predicted octanol–water partition coefficient (Wildman–Crippen LogP) is 3.76. The number of aromatic nitrogens is 1. The van der Waals surface area contributed by atoms with Crippen LogP contribution in [0, 0.1) is 12.8 Å². The van der Waals surface area contributed by atoms with Crippen molar-refractivity contribution in [3.8, 4) is 0 Å². The van der Waals surface area contributed by atoms with Gasteiger partial charge in [-0.1, -0.05) is 30.3 Å². The van der Waals surface area contributed by atoms with E-state index in [0.29, 0.717) is 37.3 Å². The first kappa shape index (κ1) is 25.0. The third-order valence-electron chi connectivity index (χ3n) is 6.97. The van der Waals surface area contributed by atoms with Gasteiger partial charge in [-0.05, 0) is 49.4 Å². The molecule has 1 aliphatic carbocycles. The molecule has 2 atom stereocenters. The molecule has 2 amide bonds. The number of benzene rings is 1. The van der Waals surface area contributed by atoms with E-state index < -0.39 is 29.8 Å². The SMILES string of the molecule is CC(=O)Nc1cc(C)cc(N2CCC(NC(=O)[C@](O)(c3ccccc3)[C@@H]3CCC(F)(F)C3)CC2)n1. The molecule has 1 aromatic heterocycles. The number of piperidine rings is 1. The first-order chi connectivity index (χ1) is 16.6. The Morgan fingerprint density at radius 2 is 1.83 bits per heavy atom. The number of rotatable bonds is 6. The minimum atomic E-state index is -2.88. The Hall–Kier alpha value is -3.07. The Balaban J connectivity index is 1.45. The number of aliphatic hydroxyl groups is 1.